The second kappa shape index (κ2) is 9.28. The van der Waals surface area contributed by atoms with E-state index in [1.165, 1.54) is 7.11 Å². The SMILES string of the molecule is COC(=O)C(CCSC)NC(=O)N(C)Cc1ccccc1. The summed E-state index contributed by atoms with van der Waals surface area (Å²) < 4.78 is 4.73. The maximum atomic E-state index is 12.1. The summed E-state index contributed by atoms with van der Waals surface area (Å²) in [6.45, 7) is 0.489. The van der Waals surface area contributed by atoms with Crippen molar-refractivity contribution < 1.29 is 14.3 Å². The molecule has 1 rings (SSSR count). The van der Waals surface area contributed by atoms with Crippen LogP contribution in [0.15, 0.2) is 30.3 Å². The van der Waals surface area contributed by atoms with E-state index < -0.39 is 12.0 Å². The summed E-state index contributed by atoms with van der Waals surface area (Å²) in [6.07, 6.45) is 2.51. The number of carbonyl (C=O) groups is 2. The number of hydrogen-bond acceptors (Lipinski definition) is 4. The fraction of sp³-hybridized carbons (Fsp3) is 0.467. The van der Waals surface area contributed by atoms with Crippen LogP contribution in [0.25, 0.3) is 0 Å². The van der Waals surface area contributed by atoms with E-state index >= 15 is 0 Å². The summed E-state index contributed by atoms with van der Waals surface area (Å²) in [5, 5.41) is 2.72. The molecule has 0 radical (unpaired) electrons. The molecule has 0 aromatic heterocycles. The molecule has 0 saturated carbocycles. The van der Waals surface area contributed by atoms with Crippen LogP contribution >= 0.6 is 11.8 Å². The van der Waals surface area contributed by atoms with Gasteiger partial charge in [-0.05, 0) is 24.0 Å². The third-order valence-electron chi connectivity index (χ3n) is 3.00. The van der Waals surface area contributed by atoms with Gasteiger partial charge in [0.2, 0.25) is 0 Å². The lowest BCUT2D eigenvalue weighted by atomic mass is 10.2. The smallest absolute Gasteiger partial charge is 0.328 e. The molecule has 0 aliphatic heterocycles. The van der Waals surface area contributed by atoms with Gasteiger partial charge in [0.1, 0.15) is 6.04 Å². The van der Waals surface area contributed by atoms with E-state index in [9.17, 15) is 9.59 Å². The number of ether oxygens (including phenoxy) is 1. The van der Waals surface area contributed by atoms with E-state index in [-0.39, 0.29) is 6.03 Å². The Morgan fingerprint density at radius 1 is 1.33 bits per heavy atom. The van der Waals surface area contributed by atoms with Crippen molar-refractivity contribution in [3.8, 4) is 0 Å². The van der Waals surface area contributed by atoms with Gasteiger partial charge < -0.3 is 15.0 Å². The van der Waals surface area contributed by atoms with E-state index in [4.69, 9.17) is 4.74 Å². The van der Waals surface area contributed by atoms with Gasteiger partial charge in [-0.3, -0.25) is 0 Å². The van der Waals surface area contributed by atoms with E-state index in [0.29, 0.717) is 13.0 Å². The number of rotatable bonds is 7. The minimum atomic E-state index is -0.604. The normalized spacial score (nSPS) is 11.6. The number of hydrogen-bond donors (Lipinski definition) is 1. The van der Waals surface area contributed by atoms with Gasteiger partial charge in [0, 0.05) is 13.6 Å². The molecule has 0 saturated heterocycles. The summed E-state index contributed by atoms with van der Waals surface area (Å²) in [7, 11) is 3.03. The summed E-state index contributed by atoms with van der Waals surface area (Å²) >= 11 is 1.62. The third-order valence-corrected chi connectivity index (χ3v) is 3.65. The molecular weight excluding hydrogens is 288 g/mol. The van der Waals surface area contributed by atoms with Gasteiger partial charge in [-0.1, -0.05) is 30.3 Å². The summed E-state index contributed by atoms with van der Waals surface area (Å²) in [5.74, 6) is 0.369. The van der Waals surface area contributed by atoms with Crippen LogP contribution in [0.2, 0.25) is 0 Å². The minimum Gasteiger partial charge on any atom is -0.467 e. The van der Waals surface area contributed by atoms with Gasteiger partial charge >= 0.3 is 12.0 Å². The van der Waals surface area contributed by atoms with Crippen LogP contribution < -0.4 is 5.32 Å². The van der Waals surface area contributed by atoms with Crippen LogP contribution in [-0.4, -0.2) is 49.1 Å². The molecule has 1 unspecified atom stereocenters. The lowest BCUT2D eigenvalue weighted by molar-refractivity contribution is -0.142. The van der Waals surface area contributed by atoms with Gasteiger partial charge in [0.15, 0.2) is 0 Å². The van der Waals surface area contributed by atoms with Crippen LogP contribution in [-0.2, 0) is 16.1 Å². The van der Waals surface area contributed by atoms with Gasteiger partial charge in [-0.25, -0.2) is 9.59 Å². The quantitative estimate of drug-likeness (QED) is 0.784. The van der Waals surface area contributed by atoms with Crippen molar-refractivity contribution in [1.29, 1.82) is 0 Å². The first kappa shape index (κ1) is 17.4. The van der Waals surface area contributed by atoms with Crippen molar-refractivity contribution in [2.45, 2.75) is 19.0 Å². The highest BCUT2D eigenvalue weighted by Crippen LogP contribution is 2.06. The Hall–Kier alpha value is -1.69. The Labute approximate surface area is 130 Å². The maximum absolute atomic E-state index is 12.1. The monoisotopic (exact) mass is 310 g/mol. The molecule has 0 heterocycles. The van der Waals surface area contributed by atoms with Gasteiger partial charge in [0.25, 0.3) is 0 Å². The van der Waals surface area contributed by atoms with Gasteiger partial charge in [-0.15, -0.1) is 0 Å². The lowest BCUT2D eigenvalue weighted by Crippen LogP contribution is -2.47. The second-order valence-electron chi connectivity index (χ2n) is 4.65. The highest BCUT2D eigenvalue weighted by atomic mass is 32.2. The van der Waals surface area contributed by atoms with Crippen molar-refractivity contribution in [1.82, 2.24) is 10.2 Å². The summed E-state index contributed by atoms with van der Waals surface area (Å²) in [4.78, 5) is 25.4. The minimum absolute atomic E-state index is 0.282. The maximum Gasteiger partial charge on any atom is 0.328 e. The predicted molar refractivity (Wildman–Crippen MR) is 85.2 cm³/mol. The van der Waals surface area contributed by atoms with Crippen molar-refractivity contribution in [3.05, 3.63) is 35.9 Å². The molecule has 2 amide bonds. The highest BCUT2D eigenvalue weighted by Gasteiger charge is 2.22. The fourth-order valence-corrected chi connectivity index (χ4v) is 2.29. The Morgan fingerprint density at radius 2 is 2.00 bits per heavy atom. The lowest BCUT2D eigenvalue weighted by Gasteiger charge is -2.22. The van der Waals surface area contributed by atoms with Gasteiger partial charge in [0.05, 0.1) is 7.11 Å². The van der Waals surface area contributed by atoms with E-state index in [2.05, 4.69) is 5.32 Å². The van der Waals surface area contributed by atoms with Crippen LogP contribution in [0.3, 0.4) is 0 Å². The molecule has 116 valence electrons. The molecule has 0 aliphatic carbocycles. The molecule has 1 N–H and O–H groups in total. The van der Waals surface area contributed by atoms with Crippen LogP contribution in [0, 0.1) is 0 Å². The standard InChI is InChI=1S/C15H22N2O3S/c1-17(11-12-7-5-4-6-8-12)15(19)16-13(9-10-21-3)14(18)20-2/h4-8,13H,9-11H2,1-3H3,(H,16,19). The molecule has 21 heavy (non-hydrogen) atoms. The zero-order chi connectivity index (χ0) is 15.7. The number of thioether (sulfide) groups is 1. The first-order chi connectivity index (χ1) is 10.1. The van der Waals surface area contributed by atoms with E-state index in [1.54, 1.807) is 23.7 Å². The Kier molecular flexibility index (Phi) is 7.68. The molecule has 6 heteroatoms. The molecular formula is C15H22N2O3S. The Morgan fingerprint density at radius 3 is 2.57 bits per heavy atom. The fourth-order valence-electron chi connectivity index (χ4n) is 1.82. The van der Waals surface area contributed by atoms with Crippen LogP contribution in [0.5, 0.6) is 0 Å². The molecule has 0 bridgehead atoms. The largest absolute Gasteiger partial charge is 0.467 e. The van der Waals surface area contributed by atoms with Crippen molar-refractivity contribution in [2.24, 2.45) is 0 Å². The highest BCUT2D eigenvalue weighted by molar-refractivity contribution is 7.98. The molecule has 0 fully saturated rings. The average molecular weight is 310 g/mol. The van der Waals surface area contributed by atoms with Crippen molar-refractivity contribution in [2.75, 3.05) is 26.2 Å². The molecule has 1 atom stereocenters. The van der Waals surface area contributed by atoms with Gasteiger partial charge in [-0.2, -0.15) is 11.8 Å². The zero-order valence-corrected chi connectivity index (χ0v) is 13.5. The number of urea groups is 1. The first-order valence-corrected chi connectivity index (χ1v) is 8.10. The molecule has 0 spiro atoms. The third kappa shape index (κ3) is 6.08. The number of methoxy groups -OCH3 is 1. The second-order valence-corrected chi connectivity index (χ2v) is 5.63. The topological polar surface area (TPSA) is 58.6 Å². The first-order valence-electron chi connectivity index (χ1n) is 6.70. The number of esters is 1. The number of carbonyl (C=O) groups excluding carboxylic acids is 2. The number of nitrogens with one attached hydrogen (secondary N) is 1. The van der Waals surface area contributed by atoms with E-state index in [0.717, 1.165) is 11.3 Å². The zero-order valence-electron chi connectivity index (χ0n) is 12.7. The van der Waals surface area contributed by atoms with Crippen molar-refractivity contribution in [3.63, 3.8) is 0 Å². The number of nitrogens with zero attached hydrogens (tertiary/aromatic N) is 1. The van der Waals surface area contributed by atoms with Crippen molar-refractivity contribution >= 4 is 23.8 Å². The molecule has 0 aliphatic rings. The molecule has 5 nitrogen and oxygen atoms in total. The average Bonchev–Trinajstić information content (AvgIpc) is 2.51. The Balaban J connectivity index is 2.57. The number of benzene rings is 1. The predicted octanol–water partition coefficient (Wildman–Crippen LogP) is 2.12. The van der Waals surface area contributed by atoms with Crippen LogP contribution in [0.1, 0.15) is 12.0 Å². The Bertz CT molecular complexity index is 453. The molecule has 1 aromatic rings. The summed E-state index contributed by atoms with van der Waals surface area (Å²) in [5.41, 5.74) is 1.04. The molecule has 1 aromatic carbocycles. The summed E-state index contributed by atoms with van der Waals surface area (Å²) in [6, 6.07) is 8.81. The van der Waals surface area contributed by atoms with E-state index in [1.807, 2.05) is 36.6 Å². The number of amides is 2. The van der Waals surface area contributed by atoms with Crippen LogP contribution in [0.4, 0.5) is 4.79 Å².